The van der Waals surface area contributed by atoms with Crippen molar-refractivity contribution in [3.05, 3.63) is 47.5 Å². The molecule has 0 saturated heterocycles. The minimum Gasteiger partial charge on any atom is -0.459 e. The van der Waals surface area contributed by atoms with E-state index in [1.165, 1.54) is 29.8 Å². The van der Waals surface area contributed by atoms with Crippen molar-refractivity contribution in [1.29, 1.82) is 0 Å². The second-order valence-corrected chi connectivity index (χ2v) is 17.7. The summed E-state index contributed by atoms with van der Waals surface area (Å²) in [7, 11) is 0.906. The lowest BCUT2D eigenvalue weighted by Gasteiger charge is -2.70. The number of alkyl halides is 3. The van der Waals surface area contributed by atoms with Gasteiger partial charge in [-0.2, -0.15) is 13.2 Å². The van der Waals surface area contributed by atoms with Crippen LogP contribution in [0.15, 0.2) is 42.0 Å². The summed E-state index contributed by atoms with van der Waals surface area (Å²) in [5.74, 6) is -1.31. The average Bonchev–Trinajstić information content (AvgIpc) is 2.97. The highest BCUT2D eigenvalue weighted by atomic mass is 19.4. The van der Waals surface area contributed by atoms with Crippen LogP contribution in [-0.2, 0) is 24.7 Å². The molecule has 0 radical (unpaired) electrons. The van der Waals surface area contributed by atoms with Crippen molar-refractivity contribution in [3.63, 3.8) is 0 Å². The van der Waals surface area contributed by atoms with Crippen LogP contribution in [0, 0.1) is 44.8 Å². The van der Waals surface area contributed by atoms with E-state index in [1.54, 1.807) is 6.07 Å². The highest BCUT2D eigenvalue weighted by molar-refractivity contribution is 5.91. The highest BCUT2D eigenvalue weighted by Crippen LogP contribution is 2.74. The van der Waals surface area contributed by atoms with Crippen LogP contribution in [0.1, 0.15) is 112 Å². The Hall–Kier alpha value is -2.19. The van der Waals surface area contributed by atoms with Crippen LogP contribution in [0.3, 0.4) is 0 Å². The Morgan fingerprint density at radius 2 is 1.57 bits per heavy atom. The SMILES string of the molecule is CO[C@@](C(=O)O[C@H]1CC[C@]2(C)[C@H]3CC=C4[C@@H]5CC(C)(C)CC[C@]5(O)C(=O)C[C@@]4(C)[C@]3(C)CC[C@H]2C1(C)C)(c1ccccc1)C(F)(F)F. The lowest BCUT2D eigenvalue weighted by atomic mass is 9.34. The molecule has 0 heterocycles. The summed E-state index contributed by atoms with van der Waals surface area (Å²) >= 11 is 0. The van der Waals surface area contributed by atoms with Gasteiger partial charge in [0.2, 0.25) is 0 Å². The van der Waals surface area contributed by atoms with E-state index in [1.807, 2.05) is 13.8 Å². The zero-order chi connectivity index (χ0) is 34.6. The van der Waals surface area contributed by atoms with Crippen LogP contribution in [0.2, 0.25) is 0 Å². The summed E-state index contributed by atoms with van der Waals surface area (Å²) in [4.78, 5) is 27.6. The van der Waals surface area contributed by atoms with Crippen LogP contribution < -0.4 is 0 Å². The Bertz CT molecular complexity index is 1470. The summed E-state index contributed by atoms with van der Waals surface area (Å²) < 4.78 is 55.1. The standard InChI is InChI=1S/C39H53F3O5/c1-32(2)20-21-37(45)26(22-32)25-14-15-28-34(5)18-17-30(33(3,4)27(34)16-19-35(28,6)36(25,7)23-29(37)43)47-31(44)38(46-8,39(40,41)42)24-12-10-9-11-13-24/h9-14,26-28,30,45H,15-23H2,1-8H3/t26-,27-,28+,30-,34-,35+,36+,37+,38+/m0/s1. The first kappa shape index (κ1) is 34.7. The fourth-order valence-electron chi connectivity index (χ4n) is 11.9. The number of halogens is 3. The van der Waals surface area contributed by atoms with Gasteiger partial charge in [0.15, 0.2) is 5.78 Å². The fourth-order valence-corrected chi connectivity index (χ4v) is 11.9. The maximum Gasteiger partial charge on any atom is 0.432 e. The van der Waals surface area contributed by atoms with Gasteiger partial charge in [-0.25, -0.2) is 4.79 Å². The number of carbonyl (C=O) groups excluding carboxylic acids is 2. The van der Waals surface area contributed by atoms with Gasteiger partial charge in [-0.3, -0.25) is 4.79 Å². The third-order valence-corrected chi connectivity index (χ3v) is 14.8. The molecule has 9 atom stereocenters. The number of Topliss-reactive ketones (excluding diaryl/α,β-unsaturated/α-hetero) is 1. The number of aliphatic hydroxyl groups is 1. The first-order valence-electron chi connectivity index (χ1n) is 17.5. The molecule has 0 unspecified atom stereocenters. The van der Waals surface area contributed by atoms with Gasteiger partial charge in [0.05, 0.1) is 0 Å². The highest BCUT2D eigenvalue weighted by Gasteiger charge is 2.71. The molecule has 5 nitrogen and oxygen atoms in total. The van der Waals surface area contributed by atoms with Crippen molar-refractivity contribution < 1.29 is 37.3 Å². The van der Waals surface area contributed by atoms with E-state index in [-0.39, 0.29) is 50.8 Å². The molecule has 260 valence electrons. The Balaban J connectivity index is 1.32. The molecule has 47 heavy (non-hydrogen) atoms. The third kappa shape index (κ3) is 4.62. The summed E-state index contributed by atoms with van der Waals surface area (Å²) in [6.07, 6.45) is 2.71. The summed E-state index contributed by atoms with van der Waals surface area (Å²) in [5.41, 5.74) is -4.89. The number of ketones is 1. The zero-order valence-electron chi connectivity index (χ0n) is 29.4. The maximum atomic E-state index is 14.7. The molecule has 0 aromatic heterocycles. The summed E-state index contributed by atoms with van der Waals surface area (Å²) in [6.45, 7) is 15.5. The van der Waals surface area contributed by atoms with E-state index in [0.29, 0.717) is 25.7 Å². The zero-order valence-corrected chi connectivity index (χ0v) is 29.4. The van der Waals surface area contributed by atoms with E-state index in [0.717, 1.165) is 39.2 Å². The van der Waals surface area contributed by atoms with Gasteiger partial charge in [-0.05, 0) is 79.4 Å². The monoisotopic (exact) mass is 658 g/mol. The van der Waals surface area contributed by atoms with E-state index >= 15 is 0 Å². The lowest BCUT2D eigenvalue weighted by molar-refractivity contribution is -0.283. The van der Waals surface area contributed by atoms with Gasteiger partial charge >= 0.3 is 12.1 Å². The number of hydrogen-bond acceptors (Lipinski definition) is 5. The Kier molecular flexibility index (Phi) is 7.86. The van der Waals surface area contributed by atoms with E-state index in [2.05, 4.69) is 40.7 Å². The molecule has 1 aromatic rings. The predicted octanol–water partition coefficient (Wildman–Crippen LogP) is 8.73. The molecule has 1 aromatic carbocycles. The molecule has 4 saturated carbocycles. The quantitative estimate of drug-likeness (QED) is 0.259. The Morgan fingerprint density at radius 3 is 2.19 bits per heavy atom. The van der Waals surface area contributed by atoms with Crippen molar-refractivity contribution in [2.45, 2.75) is 130 Å². The number of hydrogen-bond donors (Lipinski definition) is 1. The number of methoxy groups -OCH3 is 1. The van der Waals surface area contributed by atoms with Crippen LogP contribution in [0.5, 0.6) is 0 Å². The molecular formula is C39H53F3O5. The van der Waals surface area contributed by atoms with E-state index in [4.69, 9.17) is 9.47 Å². The third-order valence-electron chi connectivity index (χ3n) is 14.8. The molecule has 5 aliphatic rings. The molecule has 0 bridgehead atoms. The molecule has 4 fully saturated rings. The number of rotatable bonds is 4. The second-order valence-electron chi connectivity index (χ2n) is 17.7. The molecule has 0 amide bonds. The molecule has 0 spiro atoms. The van der Waals surface area contributed by atoms with Gasteiger partial charge < -0.3 is 14.6 Å². The van der Waals surface area contributed by atoms with Gasteiger partial charge in [-0.15, -0.1) is 0 Å². The normalized spacial score (nSPS) is 42.0. The van der Waals surface area contributed by atoms with Crippen molar-refractivity contribution in [2.24, 2.45) is 44.8 Å². The first-order chi connectivity index (χ1) is 21.6. The van der Waals surface area contributed by atoms with Crippen molar-refractivity contribution >= 4 is 11.8 Å². The van der Waals surface area contributed by atoms with Crippen LogP contribution in [0.4, 0.5) is 13.2 Å². The first-order valence-corrected chi connectivity index (χ1v) is 17.5. The molecule has 6 rings (SSSR count). The van der Waals surface area contributed by atoms with Gasteiger partial charge in [0.1, 0.15) is 11.7 Å². The molecule has 0 aliphatic heterocycles. The molecule has 1 N–H and O–H groups in total. The smallest absolute Gasteiger partial charge is 0.432 e. The minimum atomic E-state index is -5.03. The van der Waals surface area contributed by atoms with Crippen LogP contribution in [0.25, 0.3) is 0 Å². The number of benzene rings is 1. The van der Waals surface area contributed by atoms with Crippen LogP contribution >= 0.6 is 0 Å². The van der Waals surface area contributed by atoms with Crippen LogP contribution in [-0.4, -0.2) is 41.9 Å². The van der Waals surface area contributed by atoms with Gasteiger partial charge in [0.25, 0.3) is 5.60 Å². The van der Waals surface area contributed by atoms with Crippen molar-refractivity contribution in [3.8, 4) is 0 Å². The van der Waals surface area contributed by atoms with Crippen molar-refractivity contribution in [2.75, 3.05) is 7.11 Å². The predicted molar refractivity (Wildman–Crippen MR) is 173 cm³/mol. The number of carbonyl (C=O) groups is 2. The average molecular weight is 659 g/mol. The van der Waals surface area contributed by atoms with E-state index in [9.17, 15) is 27.9 Å². The molecular weight excluding hydrogens is 605 g/mol. The minimum absolute atomic E-state index is 0.0209. The number of ether oxygens (including phenoxy) is 2. The summed E-state index contributed by atoms with van der Waals surface area (Å²) in [6, 6.07) is 7.00. The number of fused-ring (bicyclic) bond motifs is 7. The van der Waals surface area contributed by atoms with Gasteiger partial charge in [-0.1, -0.05) is 90.4 Å². The lowest BCUT2D eigenvalue weighted by Crippen LogP contribution is -2.67. The number of esters is 1. The largest absolute Gasteiger partial charge is 0.459 e. The number of allylic oxidation sites excluding steroid dienone is 1. The maximum absolute atomic E-state index is 14.7. The Morgan fingerprint density at radius 1 is 0.915 bits per heavy atom. The molecule has 8 heteroatoms. The fraction of sp³-hybridized carbons (Fsp3) is 0.744. The summed E-state index contributed by atoms with van der Waals surface area (Å²) in [5, 5.41) is 11.8. The topological polar surface area (TPSA) is 72.8 Å². The van der Waals surface area contributed by atoms with Gasteiger partial charge in [0, 0.05) is 35.8 Å². The van der Waals surface area contributed by atoms with Crippen molar-refractivity contribution in [1.82, 2.24) is 0 Å². The molecule has 5 aliphatic carbocycles. The Labute approximate surface area is 278 Å². The second kappa shape index (κ2) is 10.7. The van der Waals surface area contributed by atoms with E-state index < -0.39 is 34.9 Å².